The summed E-state index contributed by atoms with van der Waals surface area (Å²) >= 11 is 2.13. The van der Waals surface area contributed by atoms with Crippen molar-refractivity contribution in [1.29, 1.82) is 0 Å². The van der Waals surface area contributed by atoms with Crippen LogP contribution in [0.25, 0.3) is 0 Å². The highest BCUT2D eigenvalue weighted by atomic mass is 32.2. The summed E-state index contributed by atoms with van der Waals surface area (Å²) in [5.74, 6) is 2.71. The molecule has 0 radical (unpaired) electrons. The lowest BCUT2D eigenvalue weighted by Gasteiger charge is -2.41. The highest BCUT2D eigenvalue weighted by Crippen LogP contribution is 2.46. The summed E-state index contributed by atoms with van der Waals surface area (Å²) < 4.78 is 5.56. The van der Waals surface area contributed by atoms with E-state index >= 15 is 0 Å². The molecule has 2 atom stereocenters. The summed E-state index contributed by atoms with van der Waals surface area (Å²) in [4.78, 5) is 0. The van der Waals surface area contributed by atoms with Gasteiger partial charge in [-0.25, -0.2) is 0 Å². The Morgan fingerprint density at radius 1 is 1.06 bits per heavy atom. The number of hydrogen-bond acceptors (Lipinski definition) is 3. The van der Waals surface area contributed by atoms with Crippen molar-refractivity contribution in [2.75, 3.05) is 24.7 Å². The van der Waals surface area contributed by atoms with Gasteiger partial charge in [-0.1, -0.05) is 6.42 Å². The van der Waals surface area contributed by atoms with E-state index in [1.54, 1.807) is 0 Å². The van der Waals surface area contributed by atoms with E-state index in [4.69, 9.17) is 4.74 Å². The molecule has 1 aliphatic carbocycles. The molecular formula is C14H25NOS. The maximum atomic E-state index is 5.56. The molecule has 0 aromatic heterocycles. The van der Waals surface area contributed by atoms with E-state index < -0.39 is 0 Å². The van der Waals surface area contributed by atoms with Crippen LogP contribution >= 0.6 is 11.8 Å². The Morgan fingerprint density at radius 2 is 1.94 bits per heavy atom. The van der Waals surface area contributed by atoms with E-state index in [0.717, 1.165) is 25.3 Å². The van der Waals surface area contributed by atoms with Crippen molar-refractivity contribution >= 4 is 11.8 Å². The molecule has 3 rings (SSSR count). The highest BCUT2D eigenvalue weighted by Gasteiger charge is 2.44. The van der Waals surface area contributed by atoms with Crippen molar-refractivity contribution in [2.24, 2.45) is 5.41 Å². The molecule has 3 heteroatoms. The molecule has 2 aliphatic heterocycles. The van der Waals surface area contributed by atoms with Crippen LogP contribution in [0.5, 0.6) is 0 Å². The third kappa shape index (κ3) is 2.66. The number of ether oxygens (including phenoxy) is 1. The SMILES string of the molecule is C1CSCC(NC2CCCC23CCOCC3)C1. The van der Waals surface area contributed by atoms with Gasteiger partial charge in [-0.3, -0.25) is 0 Å². The Bertz CT molecular complexity index is 247. The minimum atomic E-state index is 0.598. The molecule has 98 valence electrons. The summed E-state index contributed by atoms with van der Waals surface area (Å²) in [6.07, 6.45) is 9.67. The lowest BCUT2D eigenvalue weighted by Crippen LogP contribution is -2.50. The zero-order chi connectivity index (χ0) is 11.6. The van der Waals surface area contributed by atoms with Crippen LogP contribution in [0.4, 0.5) is 0 Å². The van der Waals surface area contributed by atoms with E-state index in [9.17, 15) is 0 Å². The molecule has 1 saturated carbocycles. The van der Waals surface area contributed by atoms with Crippen molar-refractivity contribution in [2.45, 2.75) is 57.0 Å². The van der Waals surface area contributed by atoms with Gasteiger partial charge in [0.15, 0.2) is 0 Å². The maximum absolute atomic E-state index is 5.56. The maximum Gasteiger partial charge on any atom is 0.0471 e. The van der Waals surface area contributed by atoms with Crippen molar-refractivity contribution in [3.63, 3.8) is 0 Å². The van der Waals surface area contributed by atoms with E-state index in [1.165, 1.54) is 56.5 Å². The third-order valence-corrected chi connectivity index (χ3v) is 6.21. The first-order valence-corrected chi connectivity index (χ1v) is 8.46. The fourth-order valence-corrected chi connectivity index (χ4v) is 5.02. The fraction of sp³-hybridized carbons (Fsp3) is 1.00. The largest absolute Gasteiger partial charge is 0.381 e. The lowest BCUT2D eigenvalue weighted by atomic mass is 9.75. The average Bonchev–Trinajstić information content (AvgIpc) is 2.74. The molecule has 0 bridgehead atoms. The van der Waals surface area contributed by atoms with E-state index in [1.807, 2.05) is 0 Å². The number of nitrogens with one attached hydrogen (secondary N) is 1. The van der Waals surface area contributed by atoms with Gasteiger partial charge in [-0.05, 0) is 49.7 Å². The van der Waals surface area contributed by atoms with Crippen LogP contribution in [-0.2, 0) is 4.74 Å². The topological polar surface area (TPSA) is 21.3 Å². The quantitative estimate of drug-likeness (QED) is 0.820. The Balaban J connectivity index is 1.60. The Morgan fingerprint density at radius 3 is 2.71 bits per heavy atom. The summed E-state index contributed by atoms with van der Waals surface area (Å²) in [5, 5.41) is 4.00. The molecule has 3 aliphatic rings. The van der Waals surface area contributed by atoms with E-state index in [-0.39, 0.29) is 0 Å². The smallest absolute Gasteiger partial charge is 0.0471 e. The van der Waals surface area contributed by atoms with Crippen LogP contribution in [0, 0.1) is 5.41 Å². The van der Waals surface area contributed by atoms with Crippen LogP contribution in [0.15, 0.2) is 0 Å². The van der Waals surface area contributed by atoms with Crippen LogP contribution in [0.2, 0.25) is 0 Å². The molecule has 0 aromatic rings. The molecule has 0 aromatic carbocycles. The van der Waals surface area contributed by atoms with Gasteiger partial charge in [0.1, 0.15) is 0 Å². The molecule has 0 amide bonds. The molecule has 3 fully saturated rings. The molecule has 17 heavy (non-hydrogen) atoms. The Hall–Kier alpha value is 0.270. The second-order valence-electron chi connectivity index (χ2n) is 6.00. The zero-order valence-corrected chi connectivity index (χ0v) is 11.6. The van der Waals surface area contributed by atoms with Gasteiger partial charge in [0.25, 0.3) is 0 Å². The average molecular weight is 255 g/mol. The summed E-state index contributed by atoms with van der Waals surface area (Å²) in [6.45, 7) is 2.00. The van der Waals surface area contributed by atoms with Gasteiger partial charge in [0.05, 0.1) is 0 Å². The van der Waals surface area contributed by atoms with Gasteiger partial charge in [0.2, 0.25) is 0 Å². The van der Waals surface area contributed by atoms with Crippen LogP contribution in [-0.4, -0.2) is 36.8 Å². The van der Waals surface area contributed by atoms with Gasteiger partial charge in [-0.2, -0.15) is 11.8 Å². The predicted molar refractivity (Wildman–Crippen MR) is 73.6 cm³/mol. The molecule has 2 saturated heterocycles. The van der Waals surface area contributed by atoms with Gasteiger partial charge in [0, 0.05) is 31.1 Å². The lowest BCUT2D eigenvalue weighted by molar-refractivity contribution is 0.00270. The normalized spacial score (nSPS) is 37.4. The number of thioether (sulfide) groups is 1. The fourth-order valence-electron chi connectivity index (χ4n) is 3.93. The highest BCUT2D eigenvalue weighted by molar-refractivity contribution is 7.99. The standard InChI is InChI=1S/C14H25NOS/c1-4-13(15-12-3-2-10-17-11-12)14(5-1)6-8-16-9-7-14/h12-13,15H,1-11H2. The van der Waals surface area contributed by atoms with Gasteiger partial charge < -0.3 is 10.1 Å². The number of hydrogen-bond donors (Lipinski definition) is 1. The van der Waals surface area contributed by atoms with Crippen LogP contribution in [0.1, 0.15) is 44.9 Å². The minimum Gasteiger partial charge on any atom is -0.381 e. The second kappa shape index (κ2) is 5.50. The number of rotatable bonds is 2. The monoisotopic (exact) mass is 255 g/mol. The van der Waals surface area contributed by atoms with E-state index in [0.29, 0.717) is 5.41 Å². The molecular weight excluding hydrogens is 230 g/mol. The van der Waals surface area contributed by atoms with Gasteiger partial charge in [-0.15, -0.1) is 0 Å². The van der Waals surface area contributed by atoms with Crippen LogP contribution < -0.4 is 5.32 Å². The molecule has 2 unspecified atom stereocenters. The van der Waals surface area contributed by atoms with Crippen molar-refractivity contribution < 1.29 is 4.74 Å². The molecule has 1 spiro atoms. The predicted octanol–water partition coefficient (Wildman–Crippen LogP) is 2.82. The second-order valence-corrected chi connectivity index (χ2v) is 7.15. The van der Waals surface area contributed by atoms with E-state index in [2.05, 4.69) is 17.1 Å². The summed E-state index contributed by atoms with van der Waals surface area (Å²) in [7, 11) is 0. The van der Waals surface area contributed by atoms with Crippen molar-refractivity contribution in [1.82, 2.24) is 5.32 Å². The zero-order valence-electron chi connectivity index (χ0n) is 10.7. The first-order chi connectivity index (χ1) is 8.39. The summed E-state index contributed by atoms with van der Waals surface area (Å²) in [6, 6.07) is 1.58. The van der Waals surface area contributed by atoms with Crippen molar-refractivity contribution in [3.8, 4) is 0 Å². The Labute approximate surface area is 109 Å². The minimum absolute atomic E-state index is 0.598. The summed E-state index contributed by atoms with van der Waals surface area (Å²) in [5.41, 5.74) is 0.598. The van der Waals surface area contributed by atoms with Crippen LogP contribution in [0.3, 0.4) is 0 Å². The first kappa shape index (κ1) is 12.3. The third-order valence-electron chi connectivity index (χ3n) is 4.99. The van der Waals surface area contributed by atoms with Crippen molar-refractivity contribution in [3.05, 3.63) is 0 Å². The Kier molecular flexibility index (Phi) is 3.98. The van der Waals surface area contributed by atoms with Gasteiger partial charge >= 0.3 is 0 Å². The molecule has 2 nitrogen and oxygen atoms in total. The molecule has 1 N–H and O–H groups in total. The molecule has 2 heterocycles. The first-order valence-electron chi connectivity index (χ1n) is 7.31.